The molecule has 0 saturated heterocycles. The van der Waals surface area contributed by atoms with Crippen molar-refractivity contribution in [1.82, 2.24) is 0 Å². The molecule has 0 aliphatic carbocycles. The lowest BCUT2D eigenvalue weighted by Crippen LogP contribution is -2.02. The largest absolute Gasteiger partial charge is 0.388 e. The first kappa shape index (κ1) is 10.6. The van der Waals surface area contributed by atoms with Crippen molar-refractivity contribution in [1.29, 1.82) is 0 Å². The zero-order chi connectivity index (χ0) is 9.68. The minimum atomic E-state index is -0.314. The first-order valence-corrected chi connectivity index (χ1v) is 5.72. The highest BCUT2D eigenvalue weighted by Crippen LogP contribution is 2.20. The minimum Gasteiger partial charge on any atom is -0.388 e. The van der Waals surface area contributed by atoms with Crippen LogP contribution < -0.4 is 0 Å². The molecule has 0 aliphatic heterocycles. The summed E-state index contributed by atoms with van der Waals surface area (Å²) in [5.74, 6) is 1.85. The Morgan fingerprint density at radius 1 is 1.38 bits per heavy atom. The lowest BCUT2D eigenvalue weighted by molar-refractivity contribution is 0.203. The van der Waals surface area contributed by atoms with Gasteiger partial charge in [-0.1, -0.05) is 31.2 Å². The monoisotopic (exact) mass is 196 g/mol. The van der Waals surface area contributed by atoms with Crippen LogP contribution in [0.15, 0.2) is 24.3 Å². The smallest absolute Gasteiger partial charge is 0.0882 e. The van der Waals surface area contributed by atoms with Gasteiger partial charge in [0.2, 0.25) is 0 Å². The van der Waals surface area contributed by atoms with Gasteiger partial charge in [-0.25, -0.2) is 0 Å². The molecule has 0 radical (unpaired) electrons. The molecule has 0 aromatic heterocycles. The number of hydrogen-bond donors (Lipinski definition) is 1. The highest BCUT2D eigenvalue weighted by molar-refractivity contribution is 7.99. The molecule has 0 amide bonds. The molecular formula is C11H16OS. The molecule has 1 unspecified atom stereocenters. The Kier molecular flexibility index (Phi) is 4.33. The highest BCUT2D eigenvalue weighted by atomic mass is 32.2. The summed E-state index contributed by atoms with van der Waals surface area (Å²) >= 11 is 1.77. The van der Waals surface area contributed by atoms with Gasteiger partial charge in [-0.05, 0) is 23.8 Å². The molecule has 1 nitrogen and oxygen atoms in total. The van der Waals surface area contributed by atoms with E-state index in [0.717, 1.165) is 17.1 Å². The van der Waals surface area contributed by atoms with Gasteiger partial charge in [-0.15, -0.1) is 0 Å². The van der Waals surface area contributed by atoms with Crippen molar-refractivity contribution >= 4 is 11.8 Å². The van der Waals surface area contributed by atoms with Crippen LogP contribution in [0.25, 0.3) is 0 Å². The van der Waals surface area contributed by atoms with E-state index < -0.39 is 0 Å². The number of thioether (sulfide) groups is 1. The number of aryl methyl sites for hydroxylation is 1. The molecule has 0 saturated carbocycles. The predicted octanol–water partition coefficient (Wildman–Crippen LogP) is 2.78. The first-order chi connectivity index (χ1) is 6.25. The molecule has 1 rings (SSSR count). The molecule has 1 N–H and O–H groups in total. The molecule has 0 aliphatic rings. The third-order valence-electron chi connectivity index (χ3n) is 2.03. The molecule has 0 spiro atoms. The van der Waals surface area contributed by atoms with E-state index in [4.69, 9.17) is 0 Å². The zero-order valence-corrected chi connectivity index (χ0v) is 8.97. The topological polar surface area (TPSA) is 20.2 Å². The Morgan fingerprint density at radius 3 is 2.69 bits per heavy atom. The van der Waals surface area contributed by atoms with Crippen LogP contribution in [0.2, 0.25) is 0 Å². The van der Waals surface area contributed by atoms with Crippen molar-refractivity contribution in [2.75, 3.05) is 11.5 Å². The Labute approximate surface area is 84.2 Å². The van der Waals surface area contributed by atoms with Crippen LogP contribution in [-0.4, -0.2) is 16.6 Å². The van der Waals surface area contributed by atoms with Crippen molar-refractivity contribution in [3.63, 3.8) is 0 Å². The third-order valence-corrected chi connectivity index (χ3v) is 2.99. The number of rotatable bonds is 4. The molecule has 1 aromatic rings. The molecule has 0 heterocycles. The fourth-order valence-electron chi connectivity index (χ4n) is 1.28. The second-order valence-electron chi connectivity index (χ2n) is 3.03. The first-order valence-electron chi connectivity index (χ1n) is 4.57. The number of hydrogen-bond acceptors (Lipinski definition) is 2. The maximum Gasteiger partial charge on any atom is 0.0882 e. The summed E-state index contributed by atoms with van der Waals surface area (Å²) in [4.78, 5) is 0. The van der Waals surface area contributed by atoms with Gasteiger partial charge in [-0.2, -0.15) is 11.8 Å². The Bertz CT molecular complexity index is 260. The van der Waals surface area contributed by atoms with E-state index in [2.05, 4.69) is 6.92 Å². The van der Waals surface area contributed by atoms with Gasteiger partial charge >= 0.3 is 0 Å². The lowest BCUT2D eigenvalue weighted by atomic mass is 10.1. The summed E-state index contributed by atoms with van der Waals surface area (Å²) in [6.45, 7) is 4.14. The van der Waals surface area contributed by atoms with Crippen LogP contribution in [0.1, 0.15) is 24.2 Å². The van der Waals surface area contributed by atoms with Crippen LogP contribution in [-0.2, 0) is 0 Å². The van der Waals surface area contributed by atoms with E-state index in [1.54, 1.807) is 11.8 Å². The molecular weight excluding hydrogens is 180 g/mol. The van der Waals surface area contributed by atoms with Gasteiger partial charge in [0.25, 0.3) is 0 Å². The van der Waals surface area contributed by atoms with Crippen LogP contribution in [0.3, 0.4) is 0 Å². The lowest BCUT2D eigenvalue weighted by Gasteiger charge is -2.12. The van der Waals surface area contributed by atoms with Crippen LogP contribution in [0, 0.1) is 6.92 Å². The zero-order valence-electron chi connectivity index (χ0n) is 8.16. The molecule has 0 bridgehead atoms. The summed E-state index contributed by atoms with van der Waals surface area (Å²) in [7, 11) is 0. The van der Waals surface area contributed by atoms with Crippen molar-refractivity contribution in [3.8, 4) is 0 Å². The standard InChI is InChI=1S/C11H16OS/c1-3-13-8-11(12)10-7-5-4-6-9(10)2/h4-7,11-12H,3,8H2,1-2H3. The highest BCUT2D eigenvalue weighted by Gasteiger charge is 2.08. The second kappa shape index (κ2) is 5.30. The van der Waals surface area contributed by atoms with E-state index >= 15 is 0 Å². The summed E-state index contributed by atoms with van der Waals surface area (Å²) in [6, 6.07) is 8.01. The fraction of sp³-hybridized carbons (Fsp3) is 0.455. The van der Waals surface area contributed by atoms with Gasteiger partial charge in [0.15, 0.2) is 0 Å². The molecule has 1 aromatic carbocycles. The van der Waals surface area contributed by atoms with Crippen molar-refractivity contribution in [2.45, 2.75) is 20.0 Å². The SMILES string of the molecule is CCSCC(O)c1ccccc1C. The van der Waals surface area contributed by atoms with E-state index in [-0.39, 0.29) is 6.10 Å². The van der Waals surface area contributed by atoms with Gasteiger partial charge in [0.05, 0.1) is 6.10 Å². The van der Waals surface area contributed by atoms with Crippen LogP contribution >= 0.6 is 11.8 Å². The van der Waals surface area contributed by atoms with Gasteiger partial charge < -0.3 is 5.11 Å². The molecule has 13 heavy (non-hydrogen) atoms. The van der Waals surface area contributed by atoms with E-state index in [1.165, 1.54) is 5.56 Å². The number of benzene rings is 1. The average Bonchev–Trinajstić information content (AvgIpc) is 2.15. The van der Waals surface area contributed by atoms with Crippen molar-refractivity contribution < 1.29 is 5.11 Å². The molecule has 1 atom stereocenters. The predicted molar refractivity (Wildman–Crippen MR) is 59.1 cm³/mol. The molecule has 72 valence electrons. The maximum atomic E-state index is 9.81. The van der Waals surface area contributed by atoms with Crippen molar-refractivity contribution in [2.24, 2.45) is 0 Å². The maximum absolute atomic E-state index is 9.81. The van der Waals surface area contributed by atoms with Crippen LogP contribution in [0.5, 0.6) is 0 Å². The van der Waals surface area contributed by atoms with E-state index in [0.29, 0.717) is 0 Å². The Morgan fingerprint density at radius 2 is 2.08 bits per heavy atom. The van der Waals surface area contributed by atoms with Gasteiger partial charge in [0, 0.05) is 5.75 Å². The average molecular weight is 196 g/mol. The summed E-state index contributed by atoms with van der Waals surface area (Å²) in [6.07, 6.45) is -0.314. The van der Waals surface area contributed by atoms with E-state index in [1.807, 2.05) is 31.2 Å². The summed E-state index contributed by atoms with van der Waals surface area (Å²) < 4.78 is 0. The van der Waals surface area contributed by atoms with Gasteiger partial charge in [-0.3, -0.25) is 0 Å². The summed E-state index contributed by atoms with van der Waals surface area (Å²) in [5, 5.41) is 9.81. The van der Waals surface area contributed by atoms with Crippen LogP contribution in [0.4, 0.5) is 0 Å². The van der Waals surface area contributed by atoms with Crippen molar-refractivity contribution in [3.05, 3.63) is 35.4 Å². The number of aliphatic hydroxyl groups is 1. The normalized spacial score (nSPS) is 12.8. The van der Waals surface area contributed by atoms with Gasteiger partial charge in [0.1, 0.15) is 0 Å². The number of aliphatic hydroxyl groups excluding tert-OH is 1. The minimum absolute atomic E-state index is 0.314. The Hall–Kier alpha value is -0.470. The molecule has 0 fully saturated rings. The summed E-state index contributed by atoms with van der Waals surface area (Å²) in [5.41, 5.74) is 2.23. The molecule has 2 heteroatoms. The Balaban J connectivity index is 2.65. The fourth-order valence-corrected chi connectivity index (χ4v) is 1.92. The van der Waals surface area contributed by atoms with E-state index in [9.17, 15) is 5.11 Å². The quantitative estimate of drug-likeness (QED) is 0.799. The third kappa shape index (κ3) is 3.05. The second-order valence-corrected chi connectivity index (χ2v) is 4.35.